The van der Waals surface area contributed by atoms with Gasteiger partial charge in [0.1, 0.15) is 5.75 Å². The van der Waals surface area contributed by atoms with Gasteiger partial charge in [0.05, 0.1) is 6.61 Å². The molecule has 28 heavy (non-hydrogen) atoms. The van der Waals surface area contributed by atoms with Crippen LogP contribution >= 0.6 is 0 Å². The van der Waals surface area contributed by atoms with E-state index >= 15 is 0 Å². The Kier molecular flexibility index (Phi) is 8.34. The smallest absolute Gasteiger partial charge is 0.251 e. The maximum absolute atomic E-state index is 12.2. The van der Waals surface area contributed by atoms with Crippen molar-refractivity contribution >= 4 is 11.9 Å². The topological polar surface area (TPSA) is 66.0 Å². The Balaban J connectivity index is 1.77. The molecule has 0 atom stereocenters. The predicted molar refractivity (Wildman–Crippen MR) is 114 cm³/mol. The van der Waals surface area contributed by atoms with E-state index in [1.54, 1.807) is 7.05 Å². The third kappa shape index (κ3) is 6.61. The number of nitrogens with one attached hydrogen (secondary N) is 2. The van der Waals surface area contributed by atoms with Crippen molar-refractivity contribution < 1.29 is 9.53 Å². The number of hydrogen-bond donors (Lipinski definition) is 2. The fraction of sp³-hybridized carbons (Fsp3) is 0.364. The Hall–Kier alpha value is -3.02. The number of guanidine groups is 1. The molecule has 0 saturated heterocycles. The SMILES string of the molecule is CCOc1ccc(CN(C)C(=NC)NCCNC(=O)c2cccc(C)c2)cc1. The lowest BCUT2D eigenvalue weighted by Gasteiger charge is -2.22. The molecule has 1 amide bonds. The second kappa shape index (κ2) is 11.0. The summed E-state index contributed by atoms with van der Waals surface area (Å²) in [6, 6.07) is 15.6. The Morgan fingerprint density at radius 2 is 1.82 bits per heavy atom. The van der Waals surface area contributed by atoms with E-state index in [-0.39, 0.29) is 5.91 Å². The van der Waals surface area contributed by atoms with Gasteiger partial charge in [-0.2, -0.15) is 0 Å². The van der Waals surface area contributed by atoms with Gasteiger partial charge in [-0.05, 0) is 43.7 Å². The number of aliphatic imine (C=N–C) groups is 1. The van der Waals surface area contributed by atoms with Crippen LogP contribution in [-0.4, -0.2) is 50.6 Å². The van der Waals surface area contributed by atoms with E-state index in [1.807, 2.05) is 62.2 Å². The molecule has 0 aromatic heterocycles. The molecule has 0 radical (unpaired) electrons. The van der Waals surface area contributed by atoms with Gasteiger partial charge in [0.25, 0.3) is 5.91 Å². The summed E-state index contributed by atoms with van der Waals surface area (Å²) in [5, 5.41) is 6.20. The molecule has 0 aliphatic rings. The number of hydrogen-bond acceptors (Lipinski definition) is 3. The van der Waals surface area contributed by atoms with Crippen molar-refractivity contribution in [1.82, 2.24) is 15.5 Å². The summed E-state index contributed by atoms with van der Waals surface area (Å²) in [5.41, 5.74) is 2.92. The standard InChI is InChI=1S/C22H30N4O2/c1-5-28-20-11-9-18(10-12-20)16-26(4)22(23-3)25-14-13-24-21(27)19-8-6-7-17(2)15-19/h6-12,15H,5,13-14,16H2,1-4H3,(H,23,25)(H,24,27). The van der Waals surface area contributed by atoms with E-state index < -0.39 is 0 Å². The molecule has 0 spiro atoms. The first kappa shape index (κ1) is 21.3. The summed E-state index contributed by atoms with van der Waals surface area (Å²) in [4.78, 5) is 18.5. The van der Waals surface area contributed by atoms with Crippen molar-refractivity contribution in [3.05, 3.63) is 65.2 Å². The van der Waals surface area contributed by atoms with E-state index in [4.69, 9.17) is 4.74 Å². The zero-order valence-electron chi connectivity index (χ0n) is 17.2. The van der Waals surface area contributed by atoms with Gasteiger partial charge in [-0.15, -0.1) is 0 Å². The Morgan fingerprint density at radius 3 is 2.46 bits per heavy atom. The lowest BCUT2D eigenvalue weighted by Crippen LogP contribution is -2.42. The summed E-state index contributed by atoms with van der Waals surface area (Å²) in [6.45, 7) is 6.45. The van der Waals surface area contributed by atoms with E-state index in [2.05, 4.69) is 27.8 Å². The highest BCUT2D eigenvalue weighted by atomic mass is 16.5. The average molecular weight is 383 g/mol. The van der Waals surface area contributed by atoms with Crippen LogP contribution in [0.2, 0.25) is 0 Å². The van der Waals surface area contributed by atoms with E-state index in [0.29, 0.717) is 25.3 Å². The number of carbonyl (C=O) groups is 1. The minimum Gasteiger partial charge on any atom is -0.494 e. The van der Waals surface area contributed by atoms with Crippen molar-refractivity contribution in [2.45, 2.75) is 20.4 Å². The molecule has 2 aromatic rings. The highest BCUT2D eigenvalue weighted by Gasteiger charge is 2.08. The minimum atomic E-state index is -0.0665. The number of ether oxygens (including phenoxy) is 1. The lowest BCUT2D eigenvalue weighted by molar-refractivity contribution is 0.0954. The third-order valence-electron chi connectivity index (χ3n) is 4.20. The second-order valence-electron chi connectivity index (χ2n) is 6.53. The number of benzene rings is 2. The highest BCUT2D eigenvalue weighted by molar-refractivity contribution is 5.94. The summed E-state index contributed by atoms with van der Waals surface area (Å²) in [6.07, 6.45) is 0. The van der Waals surface area contributed by atoms with E-state index in [0.717, 1.165) is 23.8 Å². The molecule has 2 rings (SSSR count). The van der Waals surface area contributed by atoms with Gasteiger partial charge < -0.3 is 20.3 Å². The second-order valence-corrected chi connectivity index (χ2v) is 6.53. The van der Waals surface area contributed by atoms with Crippen LogP contribution in [-0.2, 0) is 6.54 Å². The Morgan fingerprint density at radius 1 is 1.11 bits per heavy atom. The molecule has 0 heterocycles. The van der Waals surface area contributed by atoms with Crippen LogP contribution in [0.4, 0.5) is 0 Å². The van der Waals surface area contributed by atoms with Gasteiger partial charge in [0, 0.05) is 39.3 Å². The van der Waals surface area contributed by atoms with E-state index in [9.17, 15) is 4.79 Å². The Labute approximate surface area is 167 Å². The maximum Gasteiger partial charge on any atom is 0.251 e. The molecule has 150 valence electrons. The first-order valence-electron chi connectivity index (χ1n) is 9.52. The largest absolute Gasteiger partial charge is 0.494 e. The maximum atomic E-state index is 12.2. The number of amides is 1. The van der Waals surface area contributed by atoms with Crippen LogP contribution in [0.5, 0.6) is 5.75 Å². The monoisotopic (exact) mass is 382 g/mol. The van der Waals surface area contributed by atoms with Gasteiger partial charge in [0.15, 0.2) is 5.96 Å². The molecule has 0 saturated carbocycles. The highest BCUT2D eigenvalue weighted by Crippen LogP contribution is 2.13. The number of rotatable bonds is 8. The number of carbonyl (C=O) groups excluding carboxylic acids is 1. The summed E-state index contributed by atoms with van der Waals surface area (Å²) in [7, 11) is 3.74. The molecule has 6 heteroatoms. The Bertz CT molecular complexity index is 787. The number of aryl methyl sites for hydroxylation is 1. The van der Waals surface area contributed by atoms with Gasteiger partial charge in [-0.25, -0.2) is 0 Å². The molecule has 2 N–H and O–H groups in total. The molecular formula is C22H30N4O2. The van der Waals surface area contributed by atoms with Crippen LogP contribution in [0.1, 0.15) is 28.4 Å². The number of nitrogens with zero attached hydrogens (tertiary/aromatic N) is 2. The first-order valence-corrected chi connectivity index (χ1v) is 9.52. The average Bonchev–Trinajstić information content (AvgIpc) is 2.69. The molecular weight excluding hydrogens is 352 g/mol. The molecule has 2 aromatic carbocycles. The fourth-order valence-corrected chi connectivity index (χ4v) is 2.83. The van der Waals surface area contributed by atoms with Gasteiger partial charge >= 0.3 is 0 Å². The van der Waals surface area contributed by atoms with Crippen LogP contribution in [0.15, 0.2) is 53.5 Å². The van der Waals surface area contributed by atoms with Crippen molar-refractivity contribution in [3.8, 4) is 5.75 Å². The van der Waals surface area contributed by atoms with Crippen molar-refractivity contribution in [2.75, 3.05) is 33.8 Å². The molecule has 0 bridgehead atoms. The molecule has 6 nitrogen and oxygen atoms in total. The zero-order chi connectivity index (χ0) is 20.4. The van der Waals surface area contributed by atoms with E-state index in [1.165, 1.54) is 5.56 Å². The zero-order valence-corrected chi connectivity index (χ0v) is 17.2. The first-order chi connectivity index (χ1) is 13.5. The molecule has 0 fully saturated rings. The van der Waals surface area contributed by atoms with Crippen molar-refractivity contribution in [2.24, 2.45) is 4.99 Å². The van der Waals surface area contributed by atoms with Crippen LogP contribution < -0.4 is 15.4 Å². The normalized spacial score (nSPS) is 11.1. The third-order valence-corrected chi connectivity index (χ3v) is 4.20. The van der Waals surface area contributed by atoms with Crippen LogP contribution in [0, 0.1) is 6.92 Å². The van der Waals surface area contributed by atoms with Crippen LogP contribution in [0.3, 0.4) is 0 Å². The van der Waals surface area contributed by atoms with Gasteiger partial charge in [0.2, 0.25) is 0 Å². The quantitative estimate of drug-likeness (QED) is 0.419. The summed E-state index contributed by atoms with van der Waals surface area (Å²) >= 11 is 0. The summed E-state index contributed by atoms with van der Waals surface area (Å²) in [5.74, 6) is 1.59. The van der Waals surface area contributed by atoms with Gasteiger partial charge in [-0.1, -0.05) is 29.8 Å². The van der Waals surface area contributed by atoms with Crippen molar-refractivity contribution in [1.29, 1.82) is 0 Å². The summed E-state index contributed by atoms with van der Waals surface area (Å²) < 4.78 is 5.47. The minimum absolute atomic E-state index is 0.0665. The molecule has 0 aliphatic heterocycles. The van der Waals surface area contributed by atoms with Crippen molar-refractivity contribution in [3.63, 3.8) is 0 Å². The fourth-order valence-electron chi connectivity index (χ4n) is 2.83. The molecule has 0 aliphatic carbocycles. The van der Waals surface area contributed by atoms with Gasteiger partial charge in [-0.3, -0.25) is 9.79 Å². The lowest BCUT2D eigenvalue weighted by atomic mass is 10.1. The van der Waals surface area contributed by atoms with Crippen LogP contribution in [0.25, 0.3) is 0 Å². The predicted octanol–water partition coefficient (Wildman–Crippen LogP) is 2.83. The molecule has 0 unspecified atom stereocenters.